The third kappa shape index (κ3) is 6.96. The van der Waals surface area contributed by atoms with Crippen molar-refractivity contribution in [2.24, 2.45) is 11.8 Å². The van der Waals surface area contributed by atoms with Gasteiger partial charge in [0.25, 0.3) is 5.69 Å². The first-order valence-corrected chi connectivity index (χ1v) is 13.1. The number of methoxy groups -OCH3 is 1. The van der Waals surface area contributed by atoms with E-state index in [4.69, 9.17) is 4.74 Å². The molecule has 1 saturated heterocycles. The molecule has 0 N–H and O–H groups in total. The minimum absolute atomic E-state index is 0.0585. The molecule has 1 heterocycles. The maximum atomic E-state index is 13.7. The van der Waals surface area contributed by atoms with Gasteiger partial charge in [0.15, 0.2) is 0 Å². The molecule has 1 amide bonds. The van der Waals surface area contributed by atoms with E-state index < -0.39 is 5.97 Å². The Kier molecular flexibility index (Phi) is 8.93. The first kappa shape index (κ1) is 26.4. The Morgan fingerprint density at radius 3 is 2.41 bits per heavy atom. The number of nitrogens with zero attached hydrogens (tertiary/aromatic N) is 3. The Balaban J connectivity index is 1.47. The number of amides is 1. The minimum atomic E-state index is -0.416. The lowest BCUT2D eigenvalue weighted by atomic mass is 9.87. The van der Waals surface area contributed by atoms with E-state index in [2.05, 4.69) is 4.90 Å². The normalized spacial score (nSPS) is 17.1. The molecular formula is C29H35N3O5. The van der Waals surface area contributed by atoms with Gasteiger partial charge in [0, 0.05) is 55.1 Å². The molecule has 196 valence electrons. The van der Waals surface area contributed by atoms with E-state index in [9.17, 15) is 19.7 Å². The summed E-state index contributed by atoms with van der Waals surface area (Å²) >= 11 is 0. The van der Waals surface area contributed by atoms with E-state index in [0.29, 0.717) is 12.5 Å². The number of piperidine rings is 1. The molecule has 1 saturated carbocycles. The van der Waals surface area contributed by atoms with E-state index in [1.54, 1.807) is 18.2 Å². The maximum Gasteiger partial charge on any atom is 0.330 e. The highest BCUT2D eigenvalue weighted by atomic mass is 16.6. The van der Waals surface area contributed by atoms with Crippen LogP contribution in [0.5, 0.6) is 0 Å². The van der Waals surface area contributed by atoms with Gasteiger partial charge in [-0.25, -0.2) is 4.79 Å². The average molecular weight is 506 g/mol. The lowest BCUT2D eigenvalue weighted by Crippen LogP contribution is -2.43. The number of hydrogen-bond acceptors (Lipinski definition) is 6. The molecule has 8 nitrogen and oxygen atoms in total. The number of anilines is 2. The van der Waals surface area contributed by atoms with Crippen LogP contribution in [0, 0.1) is 22.0 Å². The Bertz CT molecular complexity index is 1120. The third-order valence-corrected chi connectivity index (χ3v) is 7.50. The number of hydrogen-bond donors (Lipinski definition) is 0. The smallest absolute Gasteiger partial charge is 0.330 e. The van der Waals surface area contributed by atoms with Gasteiger partial charge in [-0.2, -0.15) is 0 Å². The van der Waals surface area contributed by atoms with Crippen molar-refractivity contribution in [3.05, 3.63) is 70.3 Å². The van der Waals surface area contributed by atoms with Crippen LogP contribution in [0.2, 0.25) is 0 Å². The summed E-state index contributed by atoms with van der Waals surface area (Å²) in [6.07, 6.45) is 10.2. The van der Waals surface area contributed by atoms with Gasteiger partial charge in [-0.3, -0.25) is 14.9 Å². The van der Waals surface area contributed by atoms with Crippen molar-refractivity contribution >= 4 is 35.0 Å². The molecule has 1 aliphatic heterocycles. The summed E-state index contributed by atoms with van der Waals surface area (Å²) in [5, 5.41) is 11.0. The van der Waals surface area contributed by atoms with Crippen LogP contribution in [0.4, 0.5) is 17.1 Å². The topological polar surface area (TPSA) is 93.0 Å². The van der Waals surface area contributed by atoms with Gasteiger partial charge < -0.3 is 14.5 Å². The highest BCUT2D eigenvalue weighted by Crippen LogP contribution is 2.31. The van der Waals surface area contributed by atoms with E-state index in [1.807, 2.05) is 41.3 Å². The molecule has 0 spiro atoms. The monoisotopic (exact) mass is 505 g/mol. The SMILES string of the molecule is COC(=O)/C=C/c1cccc(N(CC2CCN(c3ccc([N+](=O)[O-])cc3)CC2)C(=O)C2CCCCC2)c1. The number of ether oxygens (including phenoxy) is 1. The molecule has 8 heteroatoms. The van der Waals surface area contributed by atoms with Gasteiger partial charge in [0.1, 0.15) is 0 Å². The van der Waals surface area contributed by atoms with Gasteiger partial charge in [-0.05, 0) is 67.5 Å². The van der Waals surface area contributed by atoms with Crippen LogP contribution in [-0.4, -0.2) is 43.5 Å². The number of nitro benzene ring substituents is 1. The molecule has 2 aromatic rings. The summed E-state index contributed by atoms with van der Waals surface area (Å²) in [5.74, 6) is 0.200. The van der Waals surface area contributed by atoms with Crippen LogP contribution >= 0.6 is 0 Å². The van der Waals surface area contributed by atoms with E-state index in [-0.39, 0.29) is 22.4 Å². The standard InChI is InChI=1S/C29H35N3O5/c1-37-28(33)15-10-22-6-5-9-27(20-22)31(29(34)24-7-3-2-4-8-24)21-23-16-18-30(19-17-23)25-11-13-26(14-12-25)32(35)36/h5-6,9-15,20,23-24H,2-4,7-8,16-19,21H2,1H3/b15-10+. The summed E-state index contributed by atoms with van der Waals surface area (Å²) < 4.78 is 4.70. The Labute approximate surface area is 218 Å². The van der Waals surface area contributed by atoms with Gasteiger partial charge in [-0.1, -0.05) is 31.4 Å². The molecule has 0 atom stereocenters. The Morgan fingerprint density at radius 1 is 1.05 bits per heavy atom. The number of esters is 1. The summed E-state index contributed by atoms with van der Waals surface area (Å²) in [6, 6.07) is 14.5. The number of rotatable bonds is 8. The Morgan fingerprint density at radius 2 is 1.76 bits per heavy atom. The highest BCUT2D eigenvalue weighted by molar-refractivity contribution is 5.95. The van der Waals surface area contributed by atoms with Crippen molar-refractivity contribution in [3.8, 4) is 0 Å². The quantitative estimate of drug-likeness (QED) is 0.200. The largest absolute Gasteiger partial charge is 0.466 e. The van der Waals surface area contributed by atoms with Crippen LogP contribution in [0.1, 0.15) is 50.5 Å². The fourth-order valence-electron chi connectivity index (χ4n) is 5.34. The van der Waals surface area contributed by atoms with Crippen LogP contribution < -0.4 is 9.80 Å². The van der Waals surface area contributed by atoms with Crippen molar-refractivity contribution in [1.82, 2.24) is 0 Å². The van der Waals surface area contributed by atoms with Crippen LogP contribution in [-0.2, 0) is 14.3 Å². The fourth-order valence-corrected chi connectivity index (χ4v) is 5.34. The number of nitro groups is 1. The minimum Gasteiger partial charge on any atom is -0.466 e. The van der Waals surface area contributed by atoms with Crippen LogP contribution in [0.15, 0.2) is 54.6 Å². The third-order valence-electron chi connectivity index (χ3n) is 7.50. The van der Waals surface area contributed by atoms with Crippen LogP contribution in [0.3, 0.4) is 0 Å². The zero-order valence-corrected chi connectivity index (χ0v) is 21.4. The molecule has 0 radical (unpaired) electrons. The van der Waals surface area contributed by atoms with Crippen molar-refractivity contribution in [3.63, 3.8) is 0 Å². The molecular weight excluding hydrogens is 470 g/mol. The number of non-ortho nitro benzene ring substituents is 1. The summed E-state index contributed by atoms with van der Waals surface area (Å²) in [4.78, 5) is 40.1. The molecule has 37 heavy (non-hydrogen) atoms. The van der Waals surface area contributed by atoms with E-state index in [0.717, 1.165) is 68.6 Å². The zero-order chi connectivity index (χ0) is 26.2. The molecule has 4 rings (SSSR count). The first-order chi connectivity index (χ1) is 17.9. The van der Waals surface area contributed by atoms with Crippen molar-refractivity contribution < 1.29 is 19.2 Å². The molecule has 2 aromatic carbocycles. The second-order valence-corrected chi connectivity index (χ2v) is 9.94. The van der Waals surface area contributed by atoms with Gasteiger partial charge in [0.2, 0.25) is 5.91 Å². The molecule has 0 aromatic heterocycles. The predicted molar refractivity (Wildman–Crippen MR) is 144 cm³/mol. The second kappa shape index (κ2) is 12.5. The van der Waals surface area contributed by atoms with E-state index in [1.165, 1.54) is 19.6 Å². The summed E-state index contributed by atoms with van der Waals surface area (Å²) in [7, 11) is 1.35. The molecule has 2 aliphatic rings. The first-order valence-electron chi connectivity index (χ1n) is 13.1. The number of carbonyl (C=O) groups excluding carboxylic acids is 2. The average Bonchev–Trinajstić information content (AvgIpc) is 2.95. The van der Waals surface area contributed by atoms with Crippen molar-refractivity contribution in [2.45, 2.75) is 44.9 Å². The second-order valence-electron chi connectivity index (χ2n) is 9.94. The highest BCUT2D eigenvalue weighted by Gasteiger charge is 2.30. The lowest BCUT2D eigenvalue weighted by molar-refractivity contribution is -0.384. The number of carbonyl (C=O) groups is 2. The van der Waals surface area contributed by atoms with Crippen molar-refractivity contribution in [2.75, 3.05) is 36.5 Å². The van der Waals surface area contributed by atoms with E-state index >= 15 is 0 Å². The molecule has 0 bridgehead atoms. The lowest BCUT2D eigenvalue weighted by Gasteiger charge is -2.37. The zero-order valence-electron chi connectivity index (χ0n) is 21.4. The van der Waals surface area contributed by atoms with Gasteiger partial charge >= 0.3 is 5.97 Å². The Hall–Kier alpha value is -3.68. The van der Waals surface area contributed by atoms with Crippen LogP contribution in [0.25, 0.3) is 6.08 Å². The number of benzene rings is 2. The molecule has 1 aliphatic carbocycles. The summed E-state index contributed by atoms with van der Waals surface area (Å²) in [5.41, 5.74) is 2.79. The van der Waals surface area contributed by atoms with Gasteiger partial charge in [-0.15, -0.1) is 0 Å². The maximum absolute atomic E-state index is 13.7. The molecule has 2 fully saturated rings. The molecule has 0 unspecified atom stereocenters. The fraction of sp³-hybridized carbons (Fsp3) is 0.448. The van der Waals surface area contributed by atoms with Gasteiger partial charge in [0.05, 0.1) is 12.0 Å². The predicted octanol–water partition coefficient (Wildman–Crippen LogP) is 5.61. The van der Waals surface area contributed by atoms with Crippen molar-refractivity contribution in [1.29, 1.82) is 0 Å². The summed E-state index contributed by atoms with van der Waals surface area (Å²) in [6.45, 7) is 2.35.